The Morgan fingerprint density at radius 3 is 2.37 bits per heavy atom. The summed E-state index contributed by atoms with van der Waals surface area (Å²) in [5.74, 6) is -4.45. The molecular formula is C26H21F5N2O2. The van der Waals surface area contributed by atoms with Crippen LogP contribution in [0.25, 0.3) is 34.3 Å². The first kappa shape index (κ1) is 24.4. The first-order chi connectivity index (χ1) is 16.5. The molecule has 1 aromatic heterocycles. The second kappa shape index (κ2) is 9.50. The van der Waals surface area contributed by atoms with Gasteiger partial charge in [0.15, 0.2) is 6.61 Å². The summed E-state index contributed by atoms with van der Waals surface area (Å²) in [6, 6.07) is 19.1. The highest BCUT2D eigenvalue weighted by Crippen LogP contribution is 2.36. The summed E-state index contributed by atoms with van der Waals surface area (Å²) in [5, 5.41) is 10.1. The zero-order valence-corrected chi connectivity index (χ0v) is 18.5. The van der Waals surface area contributed by atoms with E-state index in [2.05, 4.69) is 14.7 Å². The lowest BCUT2D eigenvalue weighted by Crippen LogP contribution is -2.41. The molecule has 4 nitrogen and oxygen atoms in total. The Morgan fingerprint density at radius 1 is 0.971 bits per heavy atom. The summed E-state index contributed by atoms with van der Waals surface area (Å²) in [6.45, 7) is -0.0698. The second-order valence-corrected chi connectivity index (χ2v) is 8.01. The van der Waals surface area contributed by atoms with E-state index < -0.39 is 24.8 Å². The van der Waals surface area contributed by atoms with Gasteiger partial charge >= 0.3 is 12.1 Å². The monoisotopic (exact) mass is 488 g/mol. The lowest BCUT2D eigenvalue weighted by atomic mass is 9.96. The minimum atomic E-state index is -5.66. The zero-order valence-electron chi connectivity index (χ0n) is 18.5. The van der Waals surface area contributed by atoms with E-state index in [1.165, 1.54) is 24.3 Å². The van der Waals surface area contributed by atoms with Gasteiger partial charge in [-0.05, 0) is 59.5 Å². The van der Waals surface area contributed by atoms with Crippen molar-refractivity contribution < 1.29 is 31.8 Å². The van der Waals surface area contributed by atoms with Crippen molar-refractivity contribution in [2.24, 2.45) is 0 Å². The SMILES string of the molecule is CC(O)c1ccccc1-c1ccc2[nH]c(/C=C/c3ccc(OCC(F)(F)C(F)(F)F)cc3)nc2c1. The molecule has 0 bridgehead atoms. The fraction of sp³-hybridized carbons (Fsp3) is 0.192. The molecule has 35 heavy (non-hydrogen) atoms. The van der Waals surface area contributed by atoms with E-state index in [9.17, 15) is 27.1 Å². The standard InChI is InChI=1S/C26H21F5N2O2/c1-16(34)20-4-2-3-5-21(20)18-9-12-22-23(14-18)33-24(32-22)13-8-17-6-10-19(11-7-17)35-15-25(27,28)26(29,30)31/h2-14,16,34H,15H2,1H3,(H,32,33)/b13-8+. The number of nitrogens with zero attached hydrogens (tertiary/aromatic N) is 1. The first-order valence-corrected chi connectivity index (χ1v) is 10.7. The van der Waals surface area contributed by atoms with E-state index in [1.54, 1.807) is 19.1 Å². The fourth-order valence-corrected chi connectivity index (χ4v) is 3.50. The maximum absolute atomic E-state index is 13.0. The summed E-state index contributed by atoms with van der Waals surface area (Å²) in [7, 11) is 0. The Hall–Kier alpha value is -3.72. The Kier molecular flexibility index (Phi) is 6.62. The van der Waals surface area contributed by atoms with E-state index >= 15 is 0 Å². The average molecular weight is 488 g/mol. The zero-order chi connectivity index (χ0) is 25.2. The molecule has 0 fully saturated rings. The minimum Gasteiger partial charge on any atom is -0.487 e. The van der Waals surface area contributed by atoms with Gasteiger partial charge in [0.1, 0.15) is 11.6 Å². The van der Waals surface area contributed by atoms with Crippen LogP contribution in [0.2, 0.25) is 0 Å². The van der Waals surface area contributed by atoms with Gasteiger partial charge in [0.05, 0.1) is 17.1 Å². The molecule has 0 amide bonds. The number of hydrogen-bond donors (Lipinski definition) is 2. The Morgan fingerprint density at radius 2 is 1.69 bits per heavy atom. The Bertz CT molecular complexity index is 1340. The normalized spacial score (nSPS) is 13.5. The summed E-state index contributed by atoms with van der Waals surface area (Å²) in [4.78, 5) is 7.75. The van der Waals surface area contributed by atoms with Crippen molar-refractivity contribution in [2.75, 3.05) is 6.61 Å². The van der Waals surface area contributed by atoms with Crippen LogP contribution < -0.4 is 4.74 Å². The van der Waals surface area contributed by atoms with E-state index in [0.717, 1.165) is 27.7 Å². The molecule has 0 saturated carbocycles. The van der Waals surface area contributed by atoms with Crippen LogP contribution in [0, 0.1) is 0 Å². The van der Waals surface area contributed by atoms with E-state index in [1.807, 2.05) is 42.5 Å². The molecule has 4 aromatic rings. The van der Waals surface area contributed by atoms with E-state index in [0.29, 0.717) is 11.4 Å². The lowest BCUT2D eigenvalue weighted by molar-refractivity contribution is -0.290. The van der Waals surface area contributed by atoms with Crippen LogP contribution in [0.5, 0.6) is 5.75 Å². The molecule has 0 aliphatic rings. The molecule has 4 rings (SSSR count). The molecule has 0 aliphatic heterocycles. The van der Waals surface area contributed by atoms with Crippen LogP contribution >= 0.6 is 0 Å². The number of rotatable bonds is 7. The molecule has 0 saturated heterocycles. The smallest absolute Gasteiger partial charge is 0.456 e. The summed E-state index contributed by atoms with van der Waals surface area (Å²) in [6.07, 6.45) is -2.84. The number of aromatic nitrogens is 2. The predicted molar refractivity (Wildman–Crippen MR) is 124 cm³/mol. The lowest BCUT2D eigenvalue weighted by Gasteiger charge is -2.19. The van der Waals surface area contributed by atoms with Gasteiger partial charge in [-0.15, -0.1) is 0 Å². The molecule has 9 heteroatoms. The third kappa shape index (κ3) is 5.51. The highest BCUT2D eigenvalue weighted by molar-refractivity contribution is 5.84. The highest BCUT2D eigenvalue weighted by atomic mass is 19.4. The van der Waals surface area contributed by atoms with Crippen molar-refractivity contribution in [1.82, 2.24) is 9.97 Å². The number of H-pyrrole nitrogens is 1. The van der Waals surface area contributed by atoms with Gasteiger partial charge in [0.25, 0.3) is 0 Å². The number of imidazole rings is 1. The van der Waals surface area contributed by atoms with Crippen LogP contribution in [0.4, 0.5) is 22.0 Å². The van der Waals surface area contributed by atoms with Gasteiger partial charge in [0, 0.05) is 0 Å². The molecular weight excluding hydrogens is 467 g/mol. The first-order valence-electron chi connectivity index (χ1n) is 10.7. The van der Waals surface area contributed by atoms with Gasteiger partial charge in [-0.3, -0.25) is 0 Å². The molecule has 1 atom stereocenters. The average Bonchev–Trinajstić information content (AvgIpc) is 3.23. The molecule has 182 valence electrons. The number of alkyl halides is 5. The number of halogens is 5. The molecule has 0 spiro atoms. The summed E-state index contributed by atoms with van der Waals surface area (Å²) < 4.78 is 67.3. The molecule has 1 heterocycles. The maximum atomic E-state index is 13.0. The van der Waals surface area contributed by atoms with Crippen LogP contribution in [-0.4, -0.2) is 33.8 Å². The number of hydrogen-bond acceptors (Lipinski definition) is 3. The number of aliphatic hydroxyl groups is 1. The Balaban J connectivity index is 1.47. The van der Waals surface area contributed by atoms with Crippen LogP contribution in [0.3, 0.4) is 0 Å². The highest BCUT2D eigenvalue weighted by Gasteiger charge is 2.58. The third-order valence-electron chi connectivity index (χ3n) is 5.37. The number of aromatic amines is 1. The molecule has 0 radical (unpaired) electrons. The predicted octanol–water partition coefficient (Wildman–Crippen LogP) is 7.03. The van der Waals surface area contributed by atoms with E-state index in [-0.39, 0.29) is 5.75 Å². The summed E-state index contributed by atoms with van der Waals surface area (Å²) >= 11 is 0. The number of fused-ring (bicyclic) bond motifs is 1. The van der Waals surface area contributed by atoms with Crippen LogP contribution in [0.15, 0.2) is 66.7 Å². The molecule has 2 N–H and O–H groups in total. The third-order valence-corrected chi connectivity index (χ3v) is 5.37. The van der Waals surface area contributed by atoms with Gasteiger partial charge < -0.3 is 14.8 Å². The van der Waals surface area contributed by atoms with E-state index in [4.69, 9.17) is 0 Å². The maximum Gasteiger partial charge on any atom is 0.456 e. The van der Waals surface area contributed by atoms with Gasteiger partial charge in [-0.2, -0.15) is 22.0 Å². The van der Waals surface area contributed by atoms with Crippen molar-refractivity contribution in [3.05, 3.63) is 83.7 Å². The largest absolute Gasteiger partial charge is 0.487 e. The number of ether oxygens (including phenoxy) is 1. The number of benzene rings is 3. The second-order valence-electron chi connectivity index (χ2n) is 8.01. The van der Waals surface area contributed by atoms with Gasteiger partial charge in [0.2, 0.25) is 0 Å². The quantitative estimate of drug-likeness (QED) is 0.275. The van der Waals surface area contributed by atoms with Gasteiger partial charge in [-0.1, -0.05) is 48.5 Å². The van der Waals surface area contributed by atoms with Crippen molar-refractivity contribution in [3.63, 3.8) is 0 Å². The number of aliphatic hydroxyl groups excluding tert-OH is 1. The van der Waals surface area contributed by atoms with Crippen LogP contribution in [0.1, 0.15) is 30.0 Å². The number of nitrogens with one attached hydrogen (secondary N) is 1. The summed E-state index contributed by atoms with van der Waals surface area (Å²) in [5.41, 5.74) is 4.88. The molecule has 3 aromatic carbocycles. The topological polar surface area (TPSA) is 58.1 Å². The van der Waals surface area contributed by atoms with Crippen molar-refractivity contribution in [3.8, 4) is 16.9 Å². The van der Waals surface area contributed by atoms with Crippen molar-refractivity contribution in [2.45, 2.75) is 25.1 Å². The molecule has 1 unspecified atom stereocenters. The Labute approximate surface area is 197 Å². The van der Waals surface area contributed by atoms with Gasteiger partial charge in [-0.25, -0.2) is 4.98 Å². The fourth-order valence-electron chi connectivity index (χ4n) is 3.50. The minimum absolute atomic E-state index is 0.0974. The van der Waals surface area contributed by atoms with Crippen LogP contribution in [-0.2, 0) is 0 Å². The van der Waals surface area contributed by atoms with Crippen molar-refractivity contribution >= 4 is 23.2 Å². The molecule has 0 aliphatic carbocycles. The van der Waals surface area contributed by atoms with Crippen molar-refractivity contribution in [1.29, 1.82) is 0 Å².